The van der Waals surface area contributed by atoms with Gasteiger partial charge < -0.3 is 4.98 Å². The second-order valence-electron chi connectivity index (χ2n) is 4.42. The zero-order chi connectivity index (χ0) is 12.8. The van der Waals surface area contributed by atoms with Crippen LogP contribution in [-0.4, -0.2) is 21.4 Å². The minimum atomic E-state index is 0.813. The highest BCUT2D eigenvalue weighted by atomic mass is 15.1. The molecule has 18 heavy (non-hydrogen) atoms. The smallest absolute Gasteiger partial charge is 0.120 e. The molecule has 3 heteroatoms. The van der Waals surface area contributed by atoms with Crippen LogP contribution in [0.15, 0.2) is 49.3 Å². The van der Waals surface area contributed by atoms with Gasteiger partial charge in [0.1, 0.15) is 5.82 Å². The average molecular weight is 241 g/mol. The van der Waals surface area contributed by atoms with E-state index in [0.29, 0.717) is 0 Å². The van der Waals surface area contributed by atoms with Gasteiger partial charge in [0.15, 0.2) is 0 Å². The van der Waals surface area contributed by atoms with Crippen molar-refractivity contribution in [2.24, 2.45) is 0 Å². The molecule has 0 amide bonds. The topological polar surface area (TPSA) is 31.9 Å². The van der Waals surface area contributed by atoms with Crippen LogP contribution in [-0.2, 0) is 13.1 Å². The molecule has 1 aromatic carbocycles. The zero-order valence-corrected chi connectivity index (χ0v) is 10.8. The third-order valence-corrected chi connectivity index (χ3v) is 2.97. The first-order chi connectivity index (χ1) is 8.79. The minimum absolute atomic E-state index is 0.813. The predicted molar refractivity (Wildman–Crippen MR) is 74.1 cm³/mol. The molecule has 0 saturated heterocycles. The molecule has 1 aromatic heterocycles. The highest BCUT2D eigenvalue weighted by Gasteiger charge is 2.08. The zero-order valence-electron chi connectivity index (χ0n) is 10.8. The molecule has 0 radical (unpaired) electrons. The fourth-order valence-electron chi connectivity index (χ4n) is 1.99. The molecule has 1 N–H and O–H groups in total. The number of nitrogens with zero attached hydrogens (tertiary/aromatic N) is 2. The number of hydrogen-bond acceptors (Lipinski definition) is 2. The molecule has 0 bridgehead atoms. The molecule has 0 aliphatic carbocycles. The second-order valence-corrected chi connectivity index (χ2v) is 4.42. The molecule has 0 aliphatic rings. The van der Waals surface area contributed by atoms with Gasteiger partial charge >= 0.3 is 0 Å². The van der Waals surface area contributed by atoms with Gasteiger partial charge in [-0.15, -0.1) is 6.58 Å². The summed E-state index contributed by atoms with van der Waals surface area (Å²) in [6.07, 6.45) is 5.57. The summed E-state index contributed by atoms with van der Waals surface area (Å²) >= 11 is 0. The Balaban J connectivity index is 2.06. The van der Waals surface area contributed by atoms with Gasteiger partial charge in [-0.3, -0.25) is 4.90 Å². The molecule has 1 heterocycles. The number of aromatic amines is 1. The van der Waals surface area contributed by atoms with Crippen molar-refractivity contribution in [2.45, 2.75) is 20.0 Å². The molecule has 2 rings (SSSR count). The number of rotatable bonds is 6. The van der Waals surface area contributed by atoms with Gasteiger partial charge in [-0.2, -0.15) is 0 Å². The predicted octanol–water partition coefficient (Wildman–Crippen LogP) is 2.91. The van der Waals surface area contributed by atoms with Crippen LogP contribution in [0.5, 0.6) is 0 Å². The normalized spacial score (nSPS) is 10.8. The van der Waals surface area contributed by atoms with Gasteiger partial charge in [0, 0.05) is 25.5 Å². The maximum Gasteiger partial charge on any atom is 0.120 e. The minimum Gasteiger partial charge on any atom is -0.348 e. The van der Waals surface area contributed by atoms with Crippen LogP contribution in [0.4, 0.5) is 0 Å². The van der Waals surface area contributed by atoms with Crippen LogP contribution < -0.4 is 0 Å². The second kappa shape index (κ2) is 6.17. The lowest BCUT2D eigenvalue weighted by Crippen LogP contribution is -2.23. The van der Waals surface area contributed by atoms with E-state index in [0.717, 1.165) is 25.5 Å². The standard InChI is InChI=1S/C15H19N3/c1-3-10-18(12-15-16-8-9-17-15)11-14-7-5-4-6-13(14)2/h3-9H,1,10-12H2,2H3,(H,16,17). The molecule has 0 atom stereocenters. The van der Waals surface area contributed by atoms with Gasteiger partial charge in [-0.05, 0) is 18.1 Å². The SMILES string of the molecule is C=CCN(Cc1ncc[nH]1)Cc1ccccc1C. The van der Waals surface area contributed by atoms with E-state index in [1.807, 2.05) is 12.3 Å². The monoisotopic (exact) mass is 241 g/mol. The molecule has 0 fully saturated rings. The van der Waals surface area contributed by atoms with E-state index in [4.69, 9.17) is 0 Å². The first-order valence-electron chi connectivity index (χ1n) is 6.15. The van der Waals surface area contributed by atoms with Crippen LogP contribution >= 0.6 is 0 Å². The lowest BCUT2D eigenvalue weighted by molar-refractivity contribution is 0.279. The Kier molecular flexibility index (Phi) is 4.31. The van der Waals surface area contributed by atoms with E-state index in [1.54, 1.807) is 6.20 Å². The Morgan fingerprint density at radius 1 is 1.33 bits per heavy atom. The van der Waals surface area contributed by atoms with Crippen LogP contribution in [0.25, 0.3) is 0 Å². The Hall–Kier alpha value is -1.87. The molecule has 0 saturated carbocycles. The fraction of sp³-hybridized carbons (Fsp3) is 0.267. The van der Waals surface area contributed by atoms with Crippen molar-refractivity contribution in [2.75, 3.05) is 6.54 Å². The van der Waals surface area contributed by atoms with Gasteiger partial charge in [-0.25, -0.2) is 4.98 Å². The highest BCUT2D eigenvalue weighted by molar-refractivity contribution is 5.25. The average Bonchev–Trinajstić information content (AvgIpc) is 2.85. The van der Waals surface area contributed by atoms with E-state index < -0.39 is 0 Å². The summed E-state index contributed by atoms with van der Waals surface area (Å²) in [6.45, 7) is 8.55. The van der Waals surface area contributed by atoms with Crippen molar-refractivity contribution in [1.29, 1.82) is 0 Å². The fourth-order valence-corrected chi connectivity index (χ4v) is 1.99. The molecule has 0 aliphatic heterocycles. The lowest BCUT2D eigenvalue weighted by Gasteiger charge is -2.20. The van der Waals surface area contributed by atoms with Crippen molar-refractivity contribution < 1.29 is 0 Å². The van der Waals surface area contributed by atoms with E-state index in [1.165, 1.54) is 11.1 Å². The maximum absolute atomic E-state index is 4.27. The van der Waals surface area contributed by atoms with Gasteiger partial charge in [-0.1, -0.05) is 30.3 Å². The number of nitrogens with one attached hydrogen (secondary N) is 1. The lowest BCUT2D eigenvalue weighted by atomic mass is 10.1. The Labute approximate surface area is 108 Å². The van der Waals surface area contributed by atoms with E-state index in [-0.39, 0.29) is 0 Å². The summed E-state index contributed by atoms with van der Waals surface area (Å²) < 4.78 is 0. The summed E-state index contributed by atoms with van der Waals surface area (Å²) in [5.41, 5.74) is 2.68. The molecule has 94 valence electrons. The molecule has 2 aromatic rings. The van der Waals surface area contributed by atoms with Crippen LogP contribution in [0.1, 0.15) is 17.0 Å². The first kappa shape index (κ1) is 12.6. The van der Waals surface area contributed by atoms with Crippen molar-refractivity contribution >= 4 is 0 Å². The number of H-pyrrole nitrogens is 1. The third-order valence-electron chi connectivity index (χ3n) is 2.97. The van der Waals surface area contributed by atoms with Crippen molar-refractivity contribution in [1.82, 2.24) is 14.9 Å². The highest BCUT2D eigenvalue weighted by Crippen LogP contribution is 2.12. The number of hydrogen-bond donors (Lipinski definition) is 1. The number of benzene rings is 1. The summed E-state index contributed by atoms with van der Waals surface area (Å²) in [5, 5.41) is 0. The molecular formula is C15H19N3. The van der Waals surface area contributed by atoms with Gasteiger partial charge in [0.05, 0.1) is 6.54 Å². The Morgan fingerprint density at radius 2 is 2.17 bits per heavy atom. The molecule has 0 unspecified atom stereocenters. The quantitative estimate of drug-likeness (QED) is 0.789. The Morgan fingerprint density at radius 3 is 2.83 bits per heavy atom. The van der Waals surface area contributed by atoms with Crippen LogP contribution in [0.2, 0.25) is 0 Å². The summed E-state index contributed by atoms with van der Waals surface area (Å²) in [5.74, 6) is 0.991. The summed E-state index contributed by atoms with van der Waals surface area (Å²) in [6, 6.07) is 8.48. The van der Waals surface area contributed by atoms with Crippen molar-refractivity contribution in [3.8, 4) is 0 Å². The van der Waals surface area contributed by atoms with Crippen molar-refractivity contribution in [3.05, 3.63) is 66.3 Å². The van der Waals surface area contributed by atoms with Gasteiger partial charge in [0.2, 0.25) is 0 Å². The van der Waals surface area contributed by atoms with Crippen LogP contribution in [0, 0.1) is 6.92 Å². The third kappa shape index (κ3) is 3.31. The summed E-state index contributed by atoms with van der Waals surface area (Å²) in [7, 11) is 0. The molecule has 0 spiro atoms. The molecular weight excluding hydrogens is 222 g/mol. The van der Waals surface area contributed by atoms with Crippen molar-refractivity contribution in [3.63, 3.8) is 0 Å². The molecule has 3 nitrogen and oxygen atoms in total. The van der Waals surface area contributed by atoms with E-state index in [9.17, 15) is 0 Å². The van der Waals surface area contributed by atoms with Gasteiger partial charge in [0.25, 0.3) is 0 Å². The maximum atomic E-state index is 4.27. The van der Waals surface area contributed by atoms with E-state index in [2.05, 4.69) is 52.6 Å². The summed E-state index contributed by atoms with van der Waals surface area (Å²) in [4.78, 5) is 9.72. The number of imidazole rings is 1. The Bertz CT molecular complexity index is 488. The first-order valence-corrected chi connectivity index (χ1v) is 6.15. The van der Waals surface area contributed by atoms with Crippen LogP contribution in [0.3, 0.4) is 0 Å². The number of aromatic nitrogens is 2. The largest absolute Gasteiger partial charge is 0.348 e. The van der Waals surface area contributed by atoms with E-state index >= 15 is 0 Å². The number of aryl methyl sites for hydroxylation is 1.